The molecule has 0 radical (unpaired) electrons. The third kappa shape index (κ3) is 13.7. The summed E-state index contributed by atoms with van der Waals surface area (Å²) in [6.45, 7) is 11.6. The summed E-state index contributed by atoms with van der Waals surface area (Å²) in [6.07, 6.45) is 11.4. The maximum Gasteiger partial charge on any atom is 0.0114 e. The summed E-state index contributed by atoms with van der Waals surface area (Å²) >= 11 is 0. The van der Waals surface area contributed by atoms with E-state index >= 15 is 0 Å². The number of hydrogen-bond donors (Lipinski definition) is 1. The van der Waals surface area contributed by atoms with Crippen molar-refractivity contribution in [3.8, 4) is 0 Å². The molecule has 1 heteroatoms. The van der Waals surface area contributed by atoms with Gasteiger partial charge in [0.1, 0.15) is 0 Å². The van der Waals surface area contributed by atoms with Crippen LogP contribution in [0.3, 0.4) is 0 Å². The monoisotopic (exact) mass is 179 g/mol. The van der Waals surface area contributed by atoms with E-state index in [-0.39, 0.29) is 0 Å². The Morgan fingerprint density at radius 3 is 2.31 bits per heavy atom. The van der Waals surface area contributed by atoms with Crippen molar-refractivity contribution in [2.75, 3.05) is 0 Å². The fourth-order valence-corrected chi connectivity index (χ4v) is 0.571. The van der Waals surface area contributed by atoms with Crippen molar-refractivity contribution in [3.05, 3.63) is 48.9 Å². The lowest BCUT2D eigenvalue weighted by molar-refractivity contribution is 1.06. The van der Waals surface area contributed by atoms with E-state index in [1.165, 1.54) is 0 Å². The van der Waals surface area contributed by atoms with E-state index in [1.54, 1.807) is 6.08 Å². The summed E-state index contributed by atoms with van der Waals surface area (Å²) in [5.41, 5.74) is 1.08. The fraction of sp³-hybridized carbons (Fsp3) is 0.333. The molecule has 0 aliphatic heterocycles. The Morgan fingerprint density at radius 2 is 1.85 bits per heavy atom. The number of allylic oxidation sites excluding steroid dienone is 6. The number of hydrogen-bond acceptors (Lipinski definition) is 1. The fourth-order valence-electron chi connectivity index (χ4n) is 0.571. The van der Waals surface area contributed by atoms with Gasteiger partial charge in [-0.1, -0.05) is 38.7 Å². The minimum absolute atomic E-state index is 1.08. The van der Waals surface area contributed by atoms with Crippen molar-refractivity contribution in [2.45, 2.75) is 27.7 Å². The minimum atomic E-state index is 1.08. The van der Waals surface area contributed by atoms with Crippen LogP contribution in [0.1, 0.15) is 27.7 Å². The topological polar surface area (TPSA) is 12.0 Å². The van der Waals surface area contributed by atoms with Gasteiger partial charge < -0.3 is 5.32 Å². The minimum Gasteiger partial charge on any atom is -0.365 e. The molecule has 1 N–H and O–H groups in total. The standard InChI is InChI=1S/C10H15N.C2H6/c1-4-6-7-9-11-10(3)8-5-2;1-2/h4-9,11H,2H2,1,3H3;1-2H3/b6-4+,9-7-,10-8+;. The van der Waals surface area contributed by atoms with E-state index in [0.29, 0.717) is 0 Å². The number of nitrogens with one attached hydrogen (secondary N) is 1. The highest BCUT2D eigenvalue weighted by Crippen LogP contribution is 1.85. The molecule has 74 valence electrons. The van der Waals surface area contributed by atoms with Crippen molar-refractivity contribution in [3.63, 3.8) is 0 Å². The molecule has 0 aliphatic carbocycles. The average molecular weight is 179 g/mol. The molecule has 0 heterocycles. The molecule has 0 aromatic carbocycles. The molecule has 1 nitrogen and oxygen atoms in total. The third-order valence-electron chi connectivity index (χ3n) is 1.08. The molecule has 0 bridgehead atoms. The zero-order chi connectivity index (χ0) is 10.5. The Balaban J connectivity index is 0. The van der Waals surface area contributed by atoms with E-state index < -0.39 is 0 Å². The molecule has 0 saturated heterocycles. The molecule has 0 amide bonds. The van der Waals surface area contributed by atoms with E-state index in [1.807, 2.05) is 58.2 Å². The second kappa shape index (κ2) is 13.4. The quantitative estimate of drug-likeness (QED) is 0.647. The van der Waals surface area contributed by atoms with Crippen LogP contribution >= 0.6 is 0 Å². The van der Waals surface area contributed by atoms with Crippen LogP contribution in [0, 0.1) is 0 Å². The van der Waals surface area contributed by atoms with Gasteiger partial charge in [0.25, 0.3) is 0 Å². The Kier molecular flexibility index (Phi) is 14.7. The van der Waals surface area contributed by atoms with Gasteiger partial charge in [0.15, 0.2) is 0 Å². The smallest absolute Gasteiger partial charge is 0.0114 e. The molecule has 0 aromatic rings. The van der Waals surface area contributed by atoms with Crippen LogP contribution in [0.15, 0.2) is 48.9 Å². The Labute approximate surface area is 82.6 Å². The van der Waals surface area contributed by atoms with Crippen LogP contribution in [-0.4, -0.2) is 0 Å². The normalized spacial score (nSPS) is 11.2. The van der Waals surface area contributed by atoms with Gasteiger partial charge in [-0.05, 0) is 26.0 Å². The highest BCUT2D eigenvalue weighted by atomic mass is 14.8. The molecule has 0 aromatic heterocycles. The van der Waals surface area contributed by atoms with E-state index in [0.717, 1.165) is 5.70 Å². The first kappa shape index (κ1) is 14.3. The Morgan fingerprint density at radius 1 is 1.23 bits per heavy atom. The van der Waals surface area contributed by atoms with Gasteiger partial charge in [0.05, 0.1) is 0 Å². The summed E-state index contributed by atoms with van der Waals surface area (Å²) in [4.78, 5) is 0. The SMILES string of the molecule is C=C/C=C(\C)N/C=C\C=C\C.CC. The van der Waals surface area contributed by atoms with E-state index in [9.17, 15) is 0 Å². The lowest BCUT2D eigenvalue weighted by atomic mass is 10.4. The van der Waals surface area contributed by atoms with Crippen LogP contribution in [0.2, 0.25) is 0 Å². The molecule has 0 unspecified atom stereocenters. The zero-order valence-electron chi connectivity index (χ0n) is 9.17. The predicted octanol–water partition coefficient (Wildman–Crippen LogP) is 3.78. The van der Waals surface area contributed by atoms with Crippen molar-refractivity contribution in [1.82, 2.24) is 5.32 Å². The molecule has 0 aliphatic rings. The molecule has 0 saturated carbocycles. The number of rotatable bonds is 4. The maximum absolute atomic E-state index is 3.59. The lowest BCUT2D eigenvalue weighted by Crippen LogP contribution is -1.99. The van der Waals surface area contributed by atoms with Crippen LogP contribution in [0.25, 0.3) is 0 Å². The summed E-state index contributed by atoms with van der Waals surface area (Å²) < 4.78 is 0. The molecule has 0 spiro atoms. The molecule has 0 fully saturated rings. The maximum atomic E-state index is 3.59. The lowest BCUT2D eigenvalue weighted by Gasteiger charge is -1.95. The van der Waals surface area contributed by atoms with Crippen LogP contribution in [0.5, 0.6) is 0 Å². The summed E-state index contributed by atoms with van der Waals surface area (Å²) in [5.74, 6) is 0. The van der Waals surface area contributed by atoms with Crippen molar-refractivity contribution < 1.29 is 0 Å². The van der Waals surface area contributed by atoms with Gasteiger partial charge >= 0.3 is 0 Å². The summed E-state index contributed by atoms with van der Waals surface area (Å²) in [7, 11) is 0. The second-order valence-electron chi connectivity index (χ2n) is 2.11. The second-order valence-corrected chi connectivity index (χ2v) is 2.11. The van der Waals surface area contributed by atoms with Crippen LogP contribution < -0.4 is 5.32 Å². The van der Waals surface area contributed by atoms with Crippen molar-refractivity contribution >= 4 is 0 Å². The first-order valence-corrected chi connectivity index (χ1v) is 4.65. The van der Waals surface area contributed by atoms with Gasteiger partial charge in [-0.2, -0.15) is 0 Å². The van der Waals surface area contributed by atoms with Gasteiger partial charge in [0.2, 0.25) is 0 Å². The predicted molar refractivity (Wildman–Crippen MR) is 62.4 cm³/mol. The molecule has 0 atom stereocenters. The van der Waals surface area contributed by atoms with Crippen molar-refractivity contribution in [1.29, 1.82) is 0 Å². The highest BCUT2D eigenvalue weighted by Gasteiger charge is 1.76. The van der Waals surface area contributed by atoms with Gasteiger partial charge in [-0.25, -0.2) is 0 Å². The van der Waals surface area contributed by atoms with Crippen LogP contribution in [0.4, 0.5) is 0 Å². The highest BCUT2D eigenvalue weighted by molar-refractivity contribution is 5.10. The van der Waals surface area contributed by atoms with Gasteiger partial charge in [0, 0.05) is 11.9 Å². The first-order chi connectivity index (χ1) is 6.31. The summed E-state index contributed by atoms with van der Waals surface area (Å²) in [5, 5.41) is 3.08. The molecule has 0 rings (SSSR count). The van der Waals surface area contributed by atoms with Crippen LogP contribution in [-0.2, 0) is 0 Å². The molecular weight excluding hydrogens is 158 g/mol. The van der Waals surface area contributed by atoms with E-state index in [4.69, 9.17) is 0 Å². The largest absolute Gasteiger partial charge is 0.365 e. The van der Waals surface area contributed by atoms with Crippen molar-refractivity contribution in [2.24, 2.45) is 0 Å². The Hall–Kier alpha value is -1.24. The Bertz CT molecular complexity index is 185. The van der Waals surface area contributed by atoms with E-state index in [2.05, 4.69) is 11.9 Å². The third-order valence-corrected chi connectivity index (χ3v) is 1.08. The average Bonchev–Trinajstić information content (AvgIpc) is 2.16. The zero-order valence-corrected chi connectivity index (χ0v) is 9.17. The summed E-state index contributed by atoms with van der Waals surface area (Å²) in [6, 6.07) is 0. The first-order valence-electron chi connectivity index (χ1n) is 4.65. The van der Waals surface area contributed by atoms with Gasteiger partial charge in [-0.15, -0.1) is 0 Å². The molecular formula is C12H21N. The molecule has 13 heavy (non-hydrogen) atoms. The van der Waals surface area contributed by atoms with Gasteiger partial charge in [-0.3, -0.25) is 0 Å².